The molecule has 0 spiro atoms. The summed E-state index contributed by atoms with van der Waals surface area (Å²) in [7, 11) is -2.01. The van der Waals surface area contributed by atoms with Crippen LogP contribution in [0.25, 0.3) is 0 Å². The van der Waals surface area contributed by atoms with Crippen molar-refractivity contribution in [2.45, 2.75) is 51.0 Å². The predicted octanol–water partition coefficient (Wildman–Crippen LogP) is 0.955. The average Bonchev–Trinajstić information content (AvgIpc) is 2.60. The third kappa shape index (κ3) is 3.62. The number of hydrogen-bond acceptors (Lipinski definition) is 5. The summed E-state index contributed by atoms with van der Waals surface area (Å²) in [5.41, 5.74) is 6.82. The molecule has 0 aromatic rings. The normalized spacial score (nSPS) is 24.2. The molecule has 1 fully saturated rings. The maximum atomic E-state index is 10.9. The first-order valence-corrected chi connectivity index (χ1v) is 9.19. The number of nitrogens with one attached hydrogen (secondary N) is 1. The third-order valence-corrected chi connectivity index (χ3v) is 8.46. The summed E-state index contributed by atoms with van der Waals surface area (Å²) in [6, 6.07) is -0.412. The number of carboxylic acid groups (broad SMARTS) is 1. The zero-order valence-electron chi connectivity index (χ0n) is 12.1. The Morgan fingerprint density at radius 2 is 2.05 bits per heavy atom. The van der Waals surface area contributed by atoms with Gasteiger partial charge in [-0.15, -0.1) is 0 Å². The lowest BCUT2D eigenvalue weighted by Gasteiger charge is -2.38. The van der Waals surface area contributed by atoms with Gasteiger partial charge in [-0.05, 0) is 18.1 Å². The van der Waals surface area contributed by atoms with Crippen molar-refractivity contribution in [1.82, 2.24) is 9.81 Å². The van der Waals surface area contributed by atoms with Crippen LogP contribution in [0, 0.1) is 5.53 Å². The van der Waals surface area contributed by atoms with E-state index >= 15 is 0 Å². The molecule has 0 aromatic heterocycles. The number of carbonyl (C=O) groups is 1. The molecule has 1 heterocycles. The van der Waals surface area contributed by atoms with Gasteiger partial charge in [-0.2, -0.15) is 0 Å². The van der Waals surface area contributed by atoms with Crippen LogP contribution in [0.15, 0.2) is 5.11 Å². The number of amides is 1. The number of nitrogens with zero attached hydrogens (tertiary/aromatic N) is 3. The van der Waals surface area contributed by atoms with Crippen molar-refractivity contribution in [2.75, 3.05) is 13.1 Å². The standard InChI is InChI=1S/C11H22N4O3Si/c1-11(2,3)19(4,5)18-9-7-15(10(16)17)6-8(9)13-14-12/h8-9,12H,6-7H2,1-5H3. The Balaban J connectivity index is 2.86. The fourth-order valence-electron chi connectivity index (χ4n) is 1.76. The van der Waals surface area contributed by atoms with Crippen LogP contribution in [-0.2, 0) is 4.43 Å². The monoisotopic (exact) mass is 286 g/mol. The first kappa shape index (κ1) is 15.8. The third-order valence-electron chi connectivity index (χ3n) is 3.95. The van der Waals surface area contributed by atoms with Crippen LogP contribution in [-0.4, -0.2) is 44.5 Å². The average molecular weight is 286 g/mol. The summed E-state index contributed by atoms with van der Waals surface area (Å²) in [5.74, 6) is 0. The van der Waals surface area contributed by atoms with Gasteiger partial charge in [0.05, 0.1) is 12.6 Å². The zero-order valence-corrected chi connectivity index (χ0v) is 13.1. The van der Waals surface area contributed by atoms with Crippen molar-refractivity contribution in [3.05, 3.63) is 0 Å². The lowest BCUT2D eigenvalue weighted by Crippen LogP contribution is -2.47. The van der Waals surface area contributed by atoms with E-state index in [1.165, 1.54) is 0 Å². The van der Waals surface area contributed by atoms with Gasteiger partial charge in [-0.3, -0.25) is 0 Å². The first-order chi connectivity index (χ1) is 8.58. The molecule has 0 bridgehead atoms. The molecule has 2 atom stereocenters. The van der Waals surface area contributed by atoms with Crippen molar-refractivity contribution in [3.8, 4) is 0 Å². The van der Waals surface area contributed by atoms with Gasteiger partial charge < -0.3 is 19.2 Å². The molecule has 8 heteroatoms. The summed E-state index contributed by atoms with van der Waals surface area (Å²) in [6.07, 6.45) is -1.57. The van der Waals surface area contributed by atoms with E-state index in [1.807, 2.05) is 0 Å². The number of likely N-dealkylation sites (tertiary alicyclic amines) is 1. The molecule has 0 saturated carbocycles. The Hall–Kier alpha value is -1.24. The Labute approximate surface area is 114 Å². The van der Waals surface area contributed by atoms with Crippen molar-refractivity contribution in [1.29, 1.82) is 5.53 Å². The highest BCUT2D eigenvalue weighted by Crippen LogP contribution is 2.38. The molecule has 7 nitrogen and oxygen atoms in total. The van der Waals surface area contributed by atoms with Crippen molar-refractivity contribution < 1.29 is 14.3 Å². The van der Waals surface area contributed by atoms with Crippen molar-refractivity contribution >= 4 is 14.4 Å². The lowest BCUT2D eigenvalue weighted by atomic mass is 10.2. The number of rotatable bonds is 3. The van der Waals surface area contributed by atoms with Crippen LogP contribution in [0.1, 0.15) is 20.8 Å². The minimum Gasteiger partial charge on any atom is -0.530 e. The van der Waals surface area contributed by atoms with Gasteiger partial charge >= 0.3 is 0 Å². The molecular weight excluding hydrogens is 264 g/mol. The lowest BCUT2D eigenvalue weighted by molar-refractivity contribution is -0.264. The summed E-state index contributed by atoms with van der Waals surface area (Å²) in [5, 5.41) is 14.7. The van der Waals surface area contributed by atoms with Gasteiger partial charge in [-0.25, -0.2) is 0 Å². The number of hydrogen-bond donors (Lipinski definition) is 1. The fraction of sp³-hybridized carbons (Fsp3) is 0.909. The van der Waals surface area contributed by atoms with E-state index in [9.17, 15) is 9.90 Å². The zero-order chi connectivity index (χ0) is 14.8. The molecule has 1 saturated heterocycles. The van der Waals surface area contributed by atoms with E-state index in [0.29, 0.717) is 0 Å². The van der Waals surface area contributed by atoms with Crippen molar-refractivity contribution in [3.63, 3.8) is 0 Å². The van der Waals surface area contributed by atoms with Crippen LogP contribution in [0.2, 0.25) is 18.1 Å². The highest BCUT2D eigenvalue weighted by molar-refractivity contribution is 6.74. The van der Waals surface area contributed by atoms with Gasteiger partial charge in [0, 0.05) is 6.54 Å². The van der Waals surface area contributed by atoms with Crippen LogP contribution in [0.3, 0.4) is 0 Å². The Morgan fingerprint density at radius 3 is 2.47 bits per heavy atom. The minimum absolute atomic E-state index is 0.0323. The quantitative estimate of drug-likeness (QED) is 0.474. The van der Waals surface area contributed by atoms with Gasteiger partial charge in [0.2, 0.25) is 4.91 Å². The molecule has 0 aliphatic carbocycles. The van der Waals surface area contributed by atoms with E-state index < -0.39 is 20.5 Å². The molecule has 1 N–H and O–H groups in total. The van der Waals surface area contributed by atoms with Gasteiger partial charge in [0.15, 0.2) is 14.4 Å². The van der Waals surface area contributed by atoms with Crippen LogP contribution in [0.4, 0.5) is 4.79 Å². The second-order valence-electron chi connectivity index (χ2n) is 6.37. The van der Waals surface area contributed by atoms with Crippen molar-refractivity contribution in [2.24, 2.45) is 5.11 Å². The number of carbonyl (C=O) groups excluding carboxylic acids is 1. The predicted molar refractivity (Wildman–Crippen MR) is 70.1 cm³/mol. The largest absolute Gasteiger partial charge is 0.530 e. The smallest absolute Gasteiger partial charge is 0.214 e. The summed E-state index contributed by atoms with van der Waals surface area (Å²) in [6.45, 7) is 11.0. The van der Waals surface area contributed by atoms with E-state index in [-0.39, 0.29) is 24.2 Å². The van der Waals surface area contributed by atoms with Crippen LogP contribution in [0.5, 0.6) is 0 Å². The highest BCUT2D eigenvalue weighted by Gasteiger charge is 2.45. The fourth-order valence-corrected chi connectivity index (χ4v) is 3.10. The van der Waals surface area contributed by atoms with Gasteiger partial charge in [0.1, 0.15) is 16.7 Å². The van der Waals surface area contributed by atoms with Crippen LogP contribution >= 0.6 is 0 Å². The van der Waals surface area contributed by atoms with E-state index in [4.69, 9.17) is 9.96 Å². The maximum absolute atomic E-state index is 10.9. The first-order valence-electron chi connectivity index (χ1n) is 6.29. The Morgan fingerprint density at radius 1 is 1.47 bits per heavy atom. The SMILES string of the molecule is CC(C)(C)[Si](C)(C)OC1CN(C(=O)[O-])CC1N=[N+]=N. The molecule has 2 unspecified atom stereocenters. The molecular formula is C11H22N4O3Si. The maximum Gasteiger partial charge on any atom is 0.214 e. The summed E-state index contributed by atoms with van der Waals surface area (Å²) < 4.78 is 6.18. The Bertz CT molecular complexity index is 401. The van der Waals surface area contributed by atoms with E-state index in [1.54, 1.807) is 0 Å². The van der Waals surface area contributed by atoms with E-state index in [2.05, 4.69) is 43.9 Å². The molecule has 19 heavy (non-hydrogen) atoms. The van der Waals surface area contributed by atoms with E-state index in [0.717, 1.165) is 4.90 Å². The Kier molecular flexibility index (Phi) is 4.49. The van der Waals surface area contributed by atoms with Gasteiger partial charge in [0.25, 0.3) is 0 Å². The molecule has 1 rings (SSSR count). The van der Waals surface area contributed by atoms with Gasteiger partial charge in [-0.1, -0.05) is 20.8 Å². The topological polar surface area (TPSA) is 103 Å². The molecule has 1 amide bonds. The highest BCUT2D eigenvalue weighted by atomic mass is 28.4. The molecule has 108 valence electrons. The second kappa shape index (κ2) is 5.40. The summed E-state index contributed by atoms with van der Waals surface area (Å²) in [4.78, 5) is 15.1. The second-order valence-corrected chi connectivity index (χ2v) is 11.1. The minimum atomic E-state index is -2.01. The summed E-state index contributed by atoms with van der Waals surface area (Å²) >= 11 is 0. The molecule has 1 aliphatic rings. The van der Waals surface area contributed by atoms with Crippen LogP contribution < -0.4 is 10.0 Å². The molecule has 1 aliphatic heterocycles. The molecule has 0 aromatic carbocycles. The molecule has 0 radical (unpaired) electrons.